The standard InChI is InChI=1S/C18H31N3O3/c1-5-19-18(20-11-8-12-23-6-2)21-14-15-9-10-16(22-4)17(13-15)24-7-3/h9-10,13H,5-8,11-12,14H2,1-4H3,(H2,19,20,21). The molecule has 136 valence electrons. The third kappa shape index (κ3) is 7.55. The molecule has 1 rings (SSSR count). The predicted molar refractivity (Wildman–Crippen MR) is 98.1 cm³/mol. The molecule has 0 saturated heterocycles. The van der Waals surface area contributed by atoms with Gasteiger partial charge in [-0.25, -0.2) is 4.99 Å². The van der Waals surface area contributed by atoms with Gasteiger partial charge in [-0.05, 0) is 44.9 Å². The molecule has 0 saturated carbocycles. The van der Waals surface area contributed by atoms with Gasteiger partial charge in [0.2, 0.25) is 0 Å². The van der Waals surface area contributed by atoms with Crippen molar-refractivity contribution in [3.8, 4) is 11.5 Å². The molecular weight excluding hydrogens is 306 g/mol. The SMILES string of the molecule is CCNC(=NCc1ccc(OC)c(OCC)c1)NCCCOCC. The van der Waals surface area contributed by atoms with E-state index in [-0.39, 0.29) is 0 Å². The summed E-state index contributed by atoms with van der Waals surface area (Å²) < 4.78 is 16.2. The minimum Gasteiger partial charge on any atom is -0.493 e. The average Bonchev–Trinajstić information content (AvgIpc) is 2.60. The van der Waals surface area contributed by atoms with Crippen LogP contribution in [0.4, 0.5) is 0 Å². The predicted octanol–water partition coefficient (Wildman–Crippen LogP) is 2.58. The van der Waals surface area contributed by atoms with Gasteiger partial charge in [-0.2, -0.15) is 0 Å². The van der Waals surface area contributed by atoms with Gasteiger partial charge in [0.25, 0.3) is 0 Å². The van der Waals surface area contributed by atoms with Crippen LogP contribution in [0.1, 0.15) is 32.8 Å². The summed E-state index contributed by atoms with van der Waals surface area (Å²) in [6.45, 7) is 10.4. The van der Waals surface area contributed by atoms with E-state index in [1.807, 2.05) is 32.0 Å². The molecular formula is C18H31N3O3. The van der Waals surface area contributed by atoms with Gasteiger partial charge in [0.15, 0.2) is 17.5 Å². The van der Waals surface area contributed by atoms with E-state index in [1.54, 1.807) is 7.11 Å². The molecule has 0 aliphatic rings. The van der Waals surface area contributed by atoms with Crippen molar-refractivity contribution >= 4 is 5.96 Å². The van der Waals surface area contributed by atoms with Crippen molar-refractivity contribution in [1.29, 1.82) is 0 Å². The van der Waals surface area contributed by atoms with E-state index in [0.717, 1.165) is 55.7 Å². The lowest BCUT2D eigenvalue weighted by Crippen LogP contribution is -2.38. The van der Waals surface area contributed by atoms with E-state index in [2.05, 4.69) is 22.5 Å². The van der Waals surface area contributed by atoms with Crippen LogP contribution in [0.2, 0.25) is 0 Å². The van der Waals surface area contributed by atoms with Crippen molar-refractivity contribution in [1.82, 2.24) is 10.6 Å². The number of guanidine groups is 1. The number of ether oxygens (including phenoxy) is 3. The van der Waals surface area contributed by atoms with E-state index < -0.39 is 0 Å². The van der Waals surface area contributed by atoms with Crippen molar-refractivity contribution in [2.24, 2.45) is 4.99 Å². The zero-order valence-electron chi connectivity index (χ0n) is 15.4. The number of nitrogens with one attached hydrogen (secondary N) is 2. The van der Waals surface area contributed by atoms with Crippen LogP contribution in [0.25, 0.3) is 0 Å². The van der Waals surface area contributed by atoms with E-state index in [1.165, 1.54) is 0 Å². The summed E-state index contributed by atoms with van der Waals surface area (Å²) >= 11 is 0. The quantitative estimate of drug-likeness (QED) is 0.369. The molecule has 0 radical (unpaired) electrons. The Morgan fingerprint density at radius 3 is 2.58 bits per heavy atom. The van der Waals surface area contributed by atoms with Gasteiger partial charge >= 0.3 is 0 Å². The molecule has 0 unspecified atom stereocenters. The van der Waals surface area contributed by atoms with E-state index >= 15 is 0 Å². The molecule has 0 atom stereocenters. The number of rotatable bonds is 11. The van der Waals surface area contributed by atoms with E-state index in [4.69, 9.17) is 14.2 Å². The molecule has 1 aromatic carbocycles. The molecule has 0 aliphatic heterocycles. The molecule has 0 fully saturated rings. The molecule has 0 aromatic heterocycles. The Hall–Kier alpha value is -1.95. The second kappa shape index (κ2) is 12.5. The Labute approximate surface area is 145 Å². The molecule has 0 heterocycles. The first-order valence-electron chi connectivity index (χ1n) is 8.64. The zero-order valence-corrected chi connectivity index (χ0v) is 15.4. The molecule has 24 heavy (non-hydrogen) atoms. The molecule has 1 aromatic rings. The third-order valence-electron chi connectivity index (χ3n) is 3.25. The fourth-order valence-electron chi connectivity index (χ4n) is 2.13. The Morgan fingerprint density at radius 2 is 1.92 bits per heavy atom. The number of nitrogens with zero attached hydrogens (tertiary/aromatic N) is 1. The van der Waals surface area contributed by atoms with E-state index in [9.17, 15) is 0 Å². The van der Waals surface area contributed by atoms with Crippen molar-refractivity contribution in [2.75, 3.05) is 40.0 Å². The maximum atomic E-state index is 5.61. The Morgan fingerprint density at radius 1 is 1.08 bits per heavy atom. The first kappa shape index (κ1) is 20.1. The van der Waals surface area contributed by atoms with E-state index in [0.29, 0.717) is 13.2 Å². The fraction of sp³-hybridized carbons (Fsp3) is 0.611. The first-order chi connectivity index (χ1) is 11.7. The molecule has 0 spiro atoms. The van der Waals surface area contributed by atoms with Gasteiger partial charge in [0.1, 0.15) is 0 Å². The van der Waals surface area contributed by atoms with Gasteiger partial charge in [-0.15, -0.1) is 0 Å². The number of benzene rings is 1. The molecule has 6 heteroatoms. The number of hydrogen-bond donors (Lipinski definition) is 2. The Kier molecular flexibility index (Phi) is 10.4. The van der Waals surface area contributed by atoms with Crippen LogP contribution in [-0.4, -0.2) is 46.0 Å². The van der Waals surface area contributed by atoms with Crippen molar-refractivity contribution in [3.63, 3.8) is 0 Å². The van der Waals surface area contributed by atoms with Gasteiger partial charge in [0, 0.05) is 26.3 Å². The minimum absolute atomic E-state index is 0.574. The van der Waals surface area contributed by atoms with Crippen molar-refractivity contribution < 1.29 is 14.2 Å². The fourth-order valence-corrected chi connectivity index (χ4v) is 2.13. The van der Waals surface area contributed by atoms with Crippen LogP contribution in [0.15, 0.2) is 23.2 Å². The van der Waals surface area contributed by atoms with Gasteiger partial charge in [-0.1, -0.05) is 6.07 Å². The first-order valence-corrected chi connectivity index (χ1v) is 8.64. The van der Waals surface area contributed by atoms with Crippen LogP contribution < -0.4 is 20.1 Å². The second-order valence-corrected chi connectivity index (χ2v) is 5.09. The highest BCUT2D eigenvalue weighted by Gasteiger charge is 2.05. The van der Waals surface area contributed by atoms with Crippen LogP contribution in [0.5, 0.6) is 11.5 Å². The summed E-state index contributed by atoms with van der Waals surface area (Å²) in [6, 6.07) is 5.90. The molecule has 0 aliphatic carbocycles. The molecule has 0 bridgehead atoms. The molecule has 0 amide bonds. The Balaban J connectivity index is 2.62. The summed E-state index contributed by atoms with van der Waals surface area (Å²) in [7, 11) is 1.64. The van der Waals surface area contributed by atoms with Crippen molar-refractivity contribution in [2.45, 2.75) is 33.7 Å². The van der Waals surface area contributed by atoms with Crippen LogP contribution in [0, 0.1) is 0 Å². The zero-order chi connectivity index (χ0) is 17.6. The highest BCUT2D eigenvalue weighted by molar-refractivity contribution is 5.79. The van der Waals surface area contributed by atoms with Gasteiger partial charge in [-0.3, -0.25) is 0 Å². The normalized spacial score (nSPS) is 11.2. The maximum Gasteiger partial charge on any atom is 0.191 e. The summed E-state index contributed by atoms with van der Waals surface area (Å²) in [5.74, 6) is 2.30. The monoisotopic (exact) mass is 337 g/mol. The average molecular weight is 337 g/mol. The Bertz CT molecular complexity index is 492. The van der Waals surface area contributed by atoms with Crippen LogP contribution >= 0.6 is 0 Å². The van der Waals surface area contributed by atoms with Crippen LogP contribution in [-0.2, 0) is 11.3 Å². The second-order valence-electron chi connectivity index (χ2n) is 5.09. The topological polar surface area (TPSA) is 64.1 Å². The number of hydrogen-bond acceptors (Lipinski definition) is 4. The summed E-state index contributed by atoms with van der Waals surface area (Å²) in [5, 5.41) is 6.56. The third-order valence-corrected chi connectivity index (χ3v) is 3.25. The highest BCUT2D eigenvalue weighted by Crippen LogP contribution is 2.28. The smallest absolute Gasteiger partial charge is 0.191 e. The van der Waals surface area contributed by atoms with Crippen molar-refractivity contribution in [3.05, 3.63) is 23.8 Å². The molecule has 2 N–H and O–H groups in total. The largest absolute Gasteiger partial charge is 0.493 e. The maximum absolute atomic E-state index is 5.61. The highest BCUT2D eigenvalue weighted by atomic mass is 16.5. The summed E-state index contributed by atoms with van der Waals surface area (Å²) in [6.07, 6.45) is 0.954. The summed E-state index contributed by atoms with van der Waals surface area (Å²) in [5.41, 5.74) is 1.07. The van der Waals surface area contributed by atoms with Gasteiger partial charge < -0.3 is 24.8 Å². The lowest BCUT2D eigenvalue weighted by atomic mass is 10.2. The lowest BCUT2D eigenvalue weighted by molar-refractivity contribution is 0.145. The minimum atomic E-state index is 0.574. The number of methoxy groups -OCH3 is 1. The number of aliphatic imine (C=N–C) groups is 1. The summed E-state index contributed by atoms with van der Waals surface area (Å²) in [4.78, 5) is 4.62. The molecule has 6 nitrogen and oxygen atoms in total. The van der Waals surface area contributed by atoms with Crippen LogP contribution in [0.3, 0.4) is 0 Å². The lowest BCUT2D eigenvalue weighted by Gasteiger charge is -2.12. The van der Waals surface area contributed by atoms with Gasteiger partial charge in [0.05, 0.1) is 20.3 Å².